The zero-order chi connectivity index (χ0) is 18.3. The normalized spacial score (nSPS) is 12.1. The number of ketones is 2. The average Bonchev–Trinajstić information content (AvgIpc) is 2.36. The molecule has 0 aromatic heterocycles. The Kier molecular flexibility index (Phi) is 9.17. The monoisotopic (exact) mass is 354 g/mol. The van der Waals surface area contributed by atoms with E-state index in [-0.39, 0.29) is 11.6 Å². The lowest BCUT2D eigenvalue weighted by Gasteiger charge is -2.34. The number of allylic oxidation sites excluding steroid dienone is 2. The van der Waals surface area contributed by atoms with Crippen molar-refractivity contribution in [2.24, 2.45) is 0 Å². The summed E-state index contributed by atoms with van der Waals surface area (Å²) in [7, 11) is -3.52. The third-order valence-electron chi connectivity index (χ3n) is 3.87. The molecule has 0 atom stereocenters. The molecule has 0 saturated carbocycles. The van der Waals surface area contributed by atoms with Gasteiger partial charge in [0.15, 0.2) is 28.2 Å². The highest BCUT2D eigenvalue weighted by Gasteiger charge is 2.32. The highest BCUT2D eigenvalue weighted by atomic mass is 28.4. The zero-order valence-corrected chi connectivity index (χ0v) is 17.9. The Labute approximate surface area is 144 Å². The number of carbonyl (C=O) groups is 2. The summed E-state index contributed by atoms with van der Waals surface area (Å²) in [4.78, 5) is 23.2. The molecule has 132 valence electrons. The van der Waals surface area contributed by atoms with Crippen LogP contribution in [-0.2, 0) is 13.7 Å². The second-order valence-corrected chi connectivity index (χ2v) is 16.6. The second kappa shape index (κ2) is 9.50. The van der Waals surface area contributed by atoms with Crippen LogP contribution >= 0.6 is 0 Å². The van der Waals surface area contributed by atoms with Gasteiger partial charge in [-0.2, -0.15) is 0 Å². The molecule has 0 heterocycles. The maximum absolute atomic E-state index is 11.6. The zero-order valence-electron chi connectivity index (χ0n) is 15.9. The van der Waals surface area contributed by atoms with Crippen molar-refractivity contribution in [2.45, 2.75) is 77.8 Å². The van der Waals surface area contributed by atoms with E-state index in [2.05, 4.69) is 39.3 Å². The topological polar surface area (TPSA) is 43.4 Å². The van der Waals surface area contributed by atoms with Gasteiger partial charge in [0.1, 0.15) is 0 Å². The van der Waals surface area contributed by atoms with Crippen LogP contribution in [0.5, 0.6) is 0 Å². The van der Waals surface area contributed by atoms with E-state index in [9.17, 15) is 9.59 Å². The van der Waals surface area contributed by atoms with Crippen LogP contribution in [0.2, 0.25) is 38.3 Å². The smallest absolute Gasteiger partial charge is 0.173 e. The number of Topliss-reactive ketones (excluding diaryl/α,β-unsaturated/α-hetero) is 2. The van der Waals surface area contributed by atoms with Gasteiger partial charge >= 0.3 is 0 Å². The van der Waals surface area contributed by atoms with E-state index in [1.165, 1.54) is 0 Å². The molecule has 0 unspecified atom stereocenters. The van der Waals surface area contributed by atoms with Gasteiger partial charge in [-0.05, 0) is 76.1 Å². The van der Waals surface area contributed by atoms with E-state index in [0.29, 0.717) is 24.0 Å². The summed E-state index contributed by atoms with van der Waals surface area (Å²) >= 11 is 0. The fourth-order valence-electron chi connectivity index (χ4n) is 2.63. The highest BCUT2D eigenvalue weighted by molar-refractivity contribution is 6.84. The molecule has 0 aliphatic carbocycles. The van der Waals surface area contributed by atoms with Crippen molar-refractivity contribution in [1.29, 1.82) is 0 Å². The predicted molar refractivity (Wildman–Crippen MR) is 104 cm³/mol. The summed E-state index contributed by atoms with van der Waals surface area (Å²) in [6, 6.07) is 1.99. The van der Waals surface area contributed by atoms with Crippen molar-refractivity contribution in [3.63, 3.8) is 0 Å². The molecule has 0 fully saturated rings. The molecule has 3 nitrogen and oxygen atoms in total. The van der Waals surface area contributed by atoms with Crippen molar-refractivity contribution in [1.82, 2.24) is 0 Å². The standard InChI is InChI=1S/C18H34O3Si2/c1-15(2)17(19)11-9-13-22(5,6)21-23(7,8)14-10-12-18(20)16(3)4/h1,3,9-14H2,2,4-8H3. The quantitative estimate of drug-likeness (QED) is 0.354. The molecular formula is C18H34O3Si2. The predicted octanol–water partition coefficient (Wildman–Crippen LogP) is 5.26. The van der Waals surface area contributed by atoms with E-state index in [1.807, 2.05) is 0 Å². The Morgan fingerprint density at radius 2 is 1.09 bits per heavy atom. The fraction of sp³-hybridized carbons (Fsp3) is 0.667. The molecule has 0 aromatic rings. The Morgan fingerprint density at radius 1 is 0.783 bits per heavy atom. The molecule has 0 spiro atoms. The van der Waals surface area contributed by atoms with Crippen molar-refractivity contribution in [3.05, 3.63) is 24.3 Å². The van der Waals surface area contributed by atoms with Gasteiger partial charge in [-0.1, -0.05) is 13.2 Å². The largest absolute Gasteiger partial charge is 0.455 e. The summed E-state index contributed by atoms with van der Waals surface area (Å²) in [5.74, 6) is 0.314. The van der Waals surface area contributed by atoms with Gasteiger partial charge in [-0.25, -0.2) is 0 Å². The van der Waals surface area contributed by atoms with Crippen LogP contribution in [0.15, 0.2) is 24.3 Å². The summed E-state index contributed by atoms with van der Waals surface area (Å²) in [6.07, 6.45) is 2.90. The highest BCUT2D eigenvalue weighted by Crippen LogP contribution is 2.25. The van der Waals surface area contributed by atoms with Crippen LogP contribution in [0.3, 0.4) is 0 Å². The summed E-state index contributed by atoms with van der Waals surface area (Å²) in [6.45, 7) is 19.8. The Hall–Kier alpha value is -0.786. The number of rotatable bonds is 12. The SMILES string of the molecule is C=C(C)C(=O)CCC[Si](C)(C)O[Si](C)(C)CCCC(=O)C(=C)C. The lowest BCUT2D eigenvalue weighted by molar-refractivity contribution is -0.116. The fourth-order valence-corrected chi connectivity index (χ4v) is 11.5. The van der Waals surface area contributed by atoms with E-state index >= 15 is 0 Å². The first kappa shape index (κ1) is 22.2. The van der Waals surface area contributed by atoms with E-state index in [1.54, 1.807) is 13.8 Å². The summed E-state index contributed by atoms with van der Waals surface area (Å²) in [5, 5.41) is 0. The molecule has 0 amide bonds. The lowest BCUT2D eigenvalue weighted by atomic mass is 10.1. The minimum absolute atomic E-state index is 0.157. The van der Waals surface area contributed by atoms with Crippen molar-refractivity contribution >= 4 is 28.2 Å². The van der Waals surface area contributed by atoms with Gasteiger partial charge in [0, 0.05) is 12.8 Å². The molecule has 0 N–H and O–H groups in total. The molecule has 0 saturated heterocycles. The number of hydrogen-bond donors (Lipinski definition) is 0. The minimum atomic E-state index is -1.76. The Balaban J connectivity index is 4.28. The first-order chi connectivity index (χ1) is 10.4. The molecule has 23 heavy (non-hydrogen) atoms. The van der Waals surface area contributed by atoms with Crippen LogP contribution in [0.4, 0.5) is 0 Å². The van der Waals surface area contributed by atoms with Gasteiger partial charge in [0.05, 0.1) is 0 Å². The molecule has 0 aliphatic heterocycles. The molecule has 0 aliphatic rings. The van der Waals surface area contributed by atoms with Gasteiger partial charge in [-0.3, -0.25) is 9.59 Å². The van der Waals surface area contributed by atoms with Crippen molar-refractivity contribution in [3.8, 4) is 0 Å². The van der Waals surface area contributed by atoms with Gasteiger partial charge < -0.3 is 4.12 Å². The number of hydrogen-bond acceptors (Lipinski definition) is 3. The lowest BCUT2D eigenvalue weighted by Crippen LogP contribution is -2.44. The molecule has 0 bridgehead atoms. The third kappa shape index (κ3) is 10.6. The minimum Gasteiger partial charge on any atom is -0.455 e. The van der Waals surface area contributed by atoms with E-state index < -0.39 is 16.6 Å². The number of carbonyl (C=O) groups excluding carboxylic acids is 2. The summed E-state index contributed by atoms with van der Waals surface area (Å²) in [5.41, 5.74) is 1.28. The average molecular weight is 355 g/mol. The Bertz CT molecular complexity index is 423. The molecular weight excluding hydrogens is 320 g/mol. The first-order valence-corrected chi connectivity index (χ1v) is 14.7. The maximum Gasteiger partial charge on any atom is 0.173 e. The van der Waals surface area contributed by atoms with Crippen LogP contribution in [0.1, 0.15) is 39.5 Å². The van der Waals surface area contributed by atoms with Gasteiger partial charge in [0.2, 0.25) is 0 Å². The molecule has 5 heteroatoms. The van der Waals surface area contributed by atoms with Crippen LogP contribution in [-0.4, -0.2) is 28.2 Å². The van der Waals surface area contributed by atoms with Crippen LogP contribution in [0, 0.1) is 0 Å². The van der Waals surface area contributed by atoms with E-state index in [0.717, 1.165) is 24.9 Å². The van der Waals surface area contributed by atoms with Crippen molar-refractivity contribution < 1.29 is 13.7 Å². The molecule has 0 aromatic carbocycles. The van der Waals surface area contributed by atoms with E-state index in [4.69, 9.17) is 4.12 Å². The third-order valence-corrected chi connectivity index (χ3v) is 11.4. The van der Waals surface area contributed by atoms with Crippen LogP contribution in [0.25, 0.3) is 0 Å². The van der Waals surface area contributed by atoms with Crippen LogP contribution < -0.4 is 0 Å². The second-order valence-electron chi connectivity index (χ2n) is 7.74. The van der Waals surface area contributed by atoms with Crippen molar-refractivity contribution in [2.75, 3.05) is 0 Å². The molecule has 0 rings (SSSR count). The molecule has 0 radical (unpaired) electrons. The Morgan fingerprint density at radius 3 is 1.35 bits per heavy atom. The maximum atomic E-state index is 11.6. The van der Waals surface area contributed by atoms with Gasteiger partial charge in [0.25, 0.3) is 0 Å². The first-order valence-electron chi connectivity index (χ1n) is 8.44. The van der Waals surface area contributed by atoms with Gasteiger partial charge in [-0.15, -0.1) is 0 Å². The summed E-state index contributed by atoms with van der Waals surface area (Å²) < 4.78 is 6.52.